The SMILES string of the molecule is COc1ccc(NC(=O)COC(=O)c2ccc3nc(-c4ccccc4)[nH]c3c2)cc1. The lowest BCUT2D eigenvalue weighted by molar-refractivity contribution is -0.119. The van der Waals surface area contributed by atoms with Crippen LogP contribution >= 0.6 is 0 Å². The van der Waals surface area contributed by atoms with Crippen molar-refractivity contribution in [3.05, 3.63) is 78.4 Å². The molecule has 0 radical (unpaired) electrons. The molecule has 4 aromatic rings. The summed E-state index contributed by atoms with van der Waals surface area (Å²) in [4.78, 5) is 32.1. The van der Waals surface area contributed by atoms with Gasteiger partial charge in [0.2, 0.25) is 0 Å². The first-order valence-electron chi connectivity index (χ1n) is 9.28. The highest BCUT2D eigenvalue weighted by Crippen LogP contribution is 2.21. The van der Waals surface area contributed by atoms with Crippen molar-refractivity contribution >= 4 is 28.6 Å². The minimum absolute atomic E-state index is 0.336. The number of anilines is 1. The number of carbonyl (C=O) groups excluding carboxylic acids is 2. The summed E-state index contributed by atoms with van der Waals surface area (Å²) in [5.74, 6) is 0.388. The highest BCUT2D eigenvalue weighted by atomic mass is 16.5. The maximum absolute atomic E-state index is 12.4. The van der Waals surface area contributed by atoms with Gasteiger partial charge in [-0.25, -0.2) is 9.78 Å². The lowest BCUT2D eigenvalue weighted by Gasteiger charge is -2.07. The molecule has 3 aromatic carbocycles. The number of aromatic amines is 1. The van der Waals surface area contributed by atoms with Gasteiger partial charge in [-0.1, -0.05) is 30.3 Å². The van der Waals surface area contributed by atoms with Crippen LogP contribution in [-0.4, -0.2) is 35.6 Å². The molecule has 1 aromatic heterocycles. The number of amides is 1. The van der Waals surface area contributed by atoms with Crippen LogP contribution in [0.1, 0.15) is 10.4 Å². The van der Waals surface area contributed by atoms with Crippen LogP contribution in [0.25, 0.3) is 22.4 Å². The molecule has 1 heterocycles. The Balaban J connectivity index is 1.39. The maximum atomic E-state index is 12.4. The molecule has 0 aliphatic heterocycles. The highest BCUT2D eigenvalue weighted by molar-refractivity contribution is 5.97. The fraction of sp³-hybridized carbons (Fsp3) is 0.0870. The van der Waals surface area contributed by atoms with Gasteiger partial charge in [0.1, 0.15) is 11.6 Å². The van der Waals surface area contributed by atoms with Gasteiger partial charge in [-0.2, -0.15) is 0 Å². The highest BCUT2D eigenvalue weighted by Gasteiger charge is 2.13. The van der Waals surface area contributed by atoms with Crippen molar-refractivity contribution in [1.82, 2.24) is 9.97 Å². The summed E-state index contributed by atoms with van der Waals surface area (Å²) in [5, 5.41) is 2.66. The average molecular weight is 401 g/mol. The number of hydrogen-bond acceptors (Lipinski definition) is 5. The Bertz CT molecular complexity index is 1180. The molecule has 2 N–H and O–H groups in total. The summed E-state index contributed by atoms with van der Waals surface area (Å²) in [6, 6.07) is 21.6. The van der Waals surface area contributed by atoms with E-state index in [1.54, 1.807) is 49.6 Å². The number of hydrogen-bond donors (Lipinski definition) is 2. The molecule has 1 amide bonds. The van der Waals surface area contributed by atoms with Gasteiger partial charge >= 0.3 is 5.97 Å². The van der Waals surface area contributed by atoms with E-state index in [0.29, 0.717) is 22.5 Å². The number of aromatic nitrogens is 2. The molecule has 0 bridgehead atoms. The first-order chi connectivity index (χ1) is 14.6. The molecule has 0 aliphatic carbocycles. The van der Waals surface area contributed by atoms with E-state index < -0.39 is 11.9 Å². The lowest BCUT2D eigenvalue weighted by Crippen LogP contribution is -2.20. The third-order valence-corrected chi connectivity index (χ3v) is 4.47. The van der Waals surface area contributed by atoms with E-state index in [2.05, 4.69) is 15.3 Å². The van der Waals surface area contributed by atoms with Gasteiger partial charge in [-0.15, -0.1) is 0 Å². The van der Waals surface area contributed by atoms with Crippen molar-refractivity contribution < 1.29 is 19.1 Å². The van der Waals surface area contributed by atoms with Crippen LogP contribution in [0, 0.1) is 0 Å². The Kier molecular flexibility index (Phi) is 5.43. The van der Waals surface area contributed by atoms with Gasteiger partial charge < -0.3 is 19.8 Å². The lowest BCUT2D eigenvalue weighted by atomic mass is 10.2. The van der Waals surface area contributed by atoms with Crippen LogP contribution in [0.5, 0.6) is 5.75 Å². The van der Waals surface area contributed by atoms with E-state index in [9.17, 15) is 9.59 Å². The topological polar surface area (TPSA) is 93.3 Å². The van der Waals surface area contributed by atoms with Gasteiger partial charge in [-0.3, -0.25) is 4.79 Å². The van der Waals surface area contributed by atoms with Crippen molar-refractivity contribution in [2.75, 3.05) is 19.0 Å². The summed E-state index contributed by atoms with van der Waals surface area (Å²) in [6.07, 6.45) is 0. The quantitative estimate of drug-likeness (QED) is 0.476. The third kappa shape index (κ3) is 4.30. The van der Waals surface area contributed by atoms with Crippen molar-refractivity contribution in [2.24, 2.45) is 0 Å². The fourth-order valence-electron chi connectivity index (χ4n) is 2.96. The van der Waals surface area contributed by atoms with Gasteiger partial charge in [0.15, 0.2) is 6.61 Å². The molecule has 0 saturated carbocycles. The Hall–Kier alpha value is -4.13. The second-order valence-corrected chi connectivity index (χ2v) is 6.54. The Morgan fingerprint density at radius 3 is 2.50 bits per heavy atom. The minimum atomic E-state index is -0.586. The Labute approximate surface area is 172 Å². The molecule has 0 unspecified atom stereocenters. The molecule has 0 spiro atoms. The number of fused-ring (bicyclic) bond motifs is 1. The Morgan fingerprint density at radius 1 is 1.00 bits per heavy atom. The number of benzene rings is 3. The molecule has 7 nitrogen and oxygen atoms in total. The van der Waals surface area contributed by atoms with Crippen LogP contribution in [0.2, 0.25) is 0 Å². The minimum Gasteiger partial charge on any atom is -0.497 e. The van der Waals surface area contributed by atoms with Gasteiger partial charge in [-0.05, 0) is 42.5 Å². The van der Waals surface area contributed by atoms with Crippen LogP contribution in [0.3, 0.4) is 0 Å². The molecule has 0 atom stereocenters. The van der Waals surface area contributed by atoms with E-state index >= 15 is 0 Å². The number of rotatable bonds is 6. The summed E-state index contributed by atoms with van der Waals surface area (Å²) in [5.41, 5.74) is 3.33. The molecule has 30 heavy (non-hydrogen) atoms. The number of nitrogens with one attached hydrogen (secondary N) is 2. The predicted molar refractivity (Wildman–Crippen MR) is 113 cm³/mol. The van der Waals surface area contributed by atoms with Gasteiger partial charge in [0, 0.05) is 11.3 Å². The summed E-state index contributed by atoms with van der Waals surface area (Å²) >= 11 is 0. The van der Waals surface area contributed by atoms with Crippen molar-refractivity contribution in [3.8, 4) is 17.1 Å². The van der Waals surface area contributed by atoms with Crippen molar-refractivity contribution in [1.29, 1.82) is 0 Å². The van der Waals surface area contributed by atoms with E-state index in [0.717, 1.165) is 16.9 Å². The van der Waals surface area contributed by atoms with E-state index in [4.69, 9.17) is 9.47 Å². The number of methoxy groups -OCH3 is 1. The number of esters is 1. The van der Waals surface area contributed by atoms with Crippen molar-refractivity contribution in [2.45, 2.75) is 0 Å². The summed E-state index contributed by atoms with van der Waals surface area (Å²) in [6.45, 7) is -0.388. The zero-order valence-electron chi connectivity index (χ0n) is 16.2. The van der Waals surface area contributed by atoms with E-state index in [1.807, 2.05) is 30.3 Å². The summed E-state index contributed by atoms with van der Waals surface area (Å²) < 4.78 is 10.2. The second kappa shape index (κ2) is 8.48. The largest absolute Gasteiger partial charge is 0.497 e. The first kappa shape index (κ1) is 19.2. The van der Waals surface area contributed by atoms with Gasteiger partial charge in [0.25, 0.3) is 5.91 Å². The van der Waals surface area contributed by atoms with E-state index in [-0.39, 0.29) is 6.61 Å². The summed E-state index contributed by atoms with van der Waals surface area (Å²) in [7, 11) is 1.57. The molecule has 4 rings (SSSR count). The second-order valence-electron chi connectivity index (χ2n) is 6.54. The van der Waals surface area contributed by atoms with E-state index in [1.165, 1.54) is 0 Å². The maximum Gasteiger partial charge on any atom is 0.338 e. The number of H-pyrrole nitrogens is 1. The van der Waals surface area contributed by atoms with Crippen LogP contribution < -0.4 is 10.1 Å². The standard InChI is InChI=1S/C23H19N3O4/c1-29-18-10-8-17(9-11-18)24-21(27)14-30-23(28)16-7-12-19-20(13-16)26-22(25-19)15-5-3-2-4-6-15/h2-13H,14H2,1H3,(H,24,27)(H,25,26). The molecular weight excluding hydrogens is 382 g/mol. The molecule has 0 fully saturated rings. The fourth-order valence-corrected chi connectivity index (χ4v) is 2.96. The number of carbonyl (C=O) groups is 2. The van der Waals surface area contributed by atoms with Crippen molar-refractivity contribution in [3.63, 3.8) is 0 Å². The zero-order chi connectivity index (χ0) is 20.9. The zero-order valence-corrected chi connectivity index (χ0v) is 16.2. The molecule has 150 valence electrons. The normalized spacial score (nSPS) is 10.6. The number of ether oxygens (including phenoxy) is 2. The first-order valence-corrected chi connectivity index (χ1v) is 9.28. The molecule has 0 aliphatic rings. The molecule has 7 heteroatoms. The van der Waals surface area contributed by atoms with Crippen LogP contribution in [-0.2, 0) is 9.53 Å². The van der Waals surface area contributed by atoms with Crippen LogP contribution in [0.4, 0.5) is 5.69 Å². The predicted octanol–water partition coefficient (Wildman–Crippen LogP) is 4.03. The van der Waals surface area contributed by atoms with Gasteiger partial charge in [0.05, 0.1) is 23.7 Å². The average Bonchev–Trinajstić information content (AvgIpc) is 3.22. The Morgan fingerprint density at radius 2 is 1.77 bits per heavy atom. The number of nitrogens with zero attached hydrogens (tertiary/aromatic N) is 1. The molecule has 0 saturated heterocycles. The van der Waals surface area contributed by atoms with Crippen LogP contribution in [0.15, 0.2) is 72.8 Å². The number of imidazole rings is 1. The smallest absolute Gasteiger partial charge is 0.338 e. The molecular formula is C23H19N3O4. The third-order valence-electron chi connectivity index (χ3n) is 4.47. The monoisotopic (exact) mass is 401 g/mol.